The Hall–Kier alpha value is -2.21. The van der Waals surface area contributed by atoms with Gasteiger partial charge >= 0.3 is 0 Å². The number of nitrogens with one attached hydrogen (secondary N) is 1. The van der Waals surface area contributed by atoms with E-state index in [9.17, 15) is 9.18 Å². The number of anilines is 1. The van der Waals surface area contributed by atoms with Crippen molar-refractivity contribution in [2.24, 2.45) is 5.73 Å². The molecule has 3 N–H and O–H groups in total. The van der Waals surface area contributed by atoms with Crippen LogP contribution in [-0.2, 0) is 4.79 Å². The van der Waals surface area contributed by atoms with Crippen LogP contribution in [0.25, 0.3) is 10.9 Å². The van der Waals surface area contributed by atoms with Crippen LogP contribution in [0.5, 0.6) is 0 Å². The van der Waals surface area contributed by atoms with Crippen LogP contribution in [0.1, 0.15) is 37.4 Å². The van der Waals surface area contributed by atoms with E-state index in [1.165, 1.54) is 13.0 Å². The maximum absolute atomic E-state index is 13.9. The summed E-state index contributed by atoms with van der Waals surface area (Å²) in [7, 11) is 0. The minimum absolute atomic E-state index is 0.0290. The first-order valence-corrected chi connectivity index (χ1v) is 8.24. The van der Waals surface area contributed by atoms with Crippen molar-refractivity contribution in [2.45, 2.75) is 39.3 Å². The molecule has 1 aliphatic heterocycles. The number of amides is 1. The Labute approximate surface area is 141 Å². The lowest BCUT2D eigenvalue weighted by molar-refractivity contribution is -0.119. The Balaban J connectivity index is 2.04. The van der Waals surface area contributed by atoms with Gasteiger partial charge in [-0.15, -0.1) is 0 Å². The van der Waals surface area contributed by atoms with Crippen LogP contribution in [0.3, 0.4) is 0 Å². The first kappa shape index (κ1) is 16.6. The van der Waals surface area contributed by atoms with E-state index >= 15 is 0 Å². The van der Waals surface area contributed by atoms with Crippen molar-refractivity contribution in [1.82, 2.24) is 10.3 Å². The van der Waals surface area contributed by atoms with Crippen molar-refractivity contribution >= 4 is 22.6 Å². The Morgan fingerprint density at radius 3 is 2.92 bits per heavy atom. The normalized spacial score (nSPS) is 18.9. The highest BCUT2D eigenvalue weighted by atomic mass is 19.1. The predicted molar refractivity (Wildman–Crippen MR) is 93.5 cm³/mol. The maximum atomic E-state index is 13.9. The van der Waals surface area contributed by atoms with Crippen LogP contribution in [0.4, 0.5) is 10.2 Å². The largest absolute Gasteiger partial charge is 0.354 e. The number of nitrogens with zero attached hydrogens (tertiary/aromatic N) is 2. The van der Waals surface area contributed by atoms with E-state index in [2.05, 4.69) is 10.2 Å². The summed E-state index contributed by atoms with van der Waals surface area (Å²) in [6, 6.07) is 5.13. The average Bonchev–Trinajstić information content (AvgIpc) is 2.97. The number of fused-ring (bicyclic) bond motifs is 1. The standard InChI is InChI=1S/C18H23FN4O/c1-10-16(19)5-4-13-8-15(11(2)20)18(22-17(10)13)23-7-6-14(9-23)21-12(3)24/h4-5,8,11,14H,6-7,9,20H2,1-3H3,(H,21,24)/t11-,14+/m0/s1. The minimum atomic E-state index is -0.257. The van der Waals surface area contributed by atoms with Crippen LogP contribution >= 0.6 is 0 Å². The number of pyridine rings is 1. The summed E-state index contributed by atoms with van der Waals surface area (Å²) in [4.78, 5) is 18.1. The summed E-state index contributed by atoms with van der Waals surface area (Å²) < 4.78 is 13.9. The number of hydrogen-bond donors (Lipinski definition) is 2. The van der Waals surface area contributed by atoms with Gasteiger partial charge in [-0.25, -0.2) is 9.37 Å². The lowest BCUT2D eigenvalue weighted by atomic mass is 10.0. The molecular weight excluding hydrogens is 307 g/mol. The van der Waals surface area contributed by atoms with Gasteiger partial charge in [-0.05, 0) is 38.5 Å². The van der Waals surface area contributed by atoms with Gasteiger partial charge in [0.25, 0.3) is 0 Å². The van der Waals surface area contributed by atoms with Crippen molar-refractivity contribution in [3.63, 3.8) is 0 Å². The van der Waals surface area contributed by atoms with E-state index in [4.69, 9.17) is 10.7 Å². The number of carbonyl (C=O) groups excluding carboxylic acids is 1. The van der Waals surface area contributed by atoms with Crippen molar-refractivity contribution in [2.75, 3.05) is 18.0 Å². The molecule has 0 spiro atoms. The number of rotatable bonds is 3. The third kappa shape index (κ3) is 3.06. The monoisotopic (exact) mass is 330 g/mol. The number of aryl methyl sites for hydroxylation is 1. The maximum Gasteiger partial charge on any atom is 0.217 e. The molecule has 0 unspecified atom stereocenters. The van der Waals surface area contributed by atoms with Gasteiger partial charge in [-0.2, -0.15) is 0 Å². The fraction of sp³-hybridized carbons (Fsp3) is 0.444. The molecule has 2 heterocycles. The number of nitrogens with two attached hydrogens (primary N) is 1. The van der Waals surface area contributed by atoms with Crippen LogP contribution in [0.15, 0.2) is 18.2 Å². The molecule has 2 aromatic rings. The van der Waals surface area contributed by atoms with Crippen molar-refractivity contribution in [3.05, 3.63) is 35.1 Å². The van der Waals surface area contributed by atoms with Gasteiger partial charge in [0.1, 0.15) is 11.6 Å². The molecule has 1 amide bonds. The molecule has 1 aromatic heterocycles. The quantitative estimate of drug-likeness (QED) is 0.907. The molecule has 0 saturated carbocycles. The first-order valence-electron chi connectivity index (χ1n) is 8.24. The van der Waals surface area contributed by atoms with Gasteiger partial charge in [-0.3, -0.25) is 4.79 Å². The molecular formula is C18H23FN4O. The predicted octanol–water partition coefficient (Wildman–Crippen LogP) is 2.42. The van der Waals surface area contributed by atoms with E-state index < -0.39 is 0 Å². The third-order valence-electron chi connectivity index (χ3n) is 4.57. The molecule has 0 aliphatic carbocycles. The van der Waals surface area contributed by atoms with Gasteiger partial charge < -0.3 is 16.0 Å². The number of hydrogen-bond acceptors (Lipinski definition) is 4. The number of carbonyl (C=O) groups is 1. The average molecular weight is 330 g/mol. The summed E-state index contributed by atoms with van der Waals surface area (Å²) in [5.41, 5.74) is 8.30. The first-order chi connectivity index (χ1) is 11.4. The van der Waals surface area contributed by atoms with Crippen molar-refractivity contribution < 1.29 is 9.18 Å². The van der Waals surface area contributed by atoms with E-state index in [0.717, 1.165) is 29.7 Å². The molecule has 6 heteroatoms. The van der Waals surface area contributed by atoms with E-state index in [-0.39, 0.29) is 23.8 Å². The number of aromatic nitrogens is 1. The van der Waals surface area contributed by atoms with Crippen LogP contribution in [0, 0.1) is 12.7 Å². The summed E-state index contributed by atoms with van der Waals surface area (Å²) in [5, 5.41) is 3.84. The van der Waals surface area contributed by atoms with Crippen LogP contribution in [-0.4, -0.2) is 30.0 Å². The van der Waals surface area contributed by atoms with Gasteiger partial charge in [-0.1, -0.05) is 0 Å². The lowest BCUT2D eigenvalue weighted by Crippen LogP contribution is -2.36. The van der Waals surface area contributed by atoms with E-state index in [1.54, 1.807) is 13.0 Å². The molecule has 3 rings (SSSR count). The Bertz CT molecular complexity index is 790. The summed E-state index contributed by atoms with van der Waals surface area (Å²) >= 11 is 0. The molecule has 1 fully saturated rings. The topological polar surface area (TPSA) is 71.2 Å². The highest BCUT2D eigenvalue weighted by molar-refractivity contribution is 5.85. The zero-order valence-electron chi connectivity index (χ0n) is 14.3. The van der Waals surface area contributed by atoms with Gasteiger partial charge in [0, 0.05) is 48.6 Å². The zero-order valence-corrected chi connectivity index (χ0v) is 14.3. The Morgan fingerprint density at radius 2 is 2.25 bits per heavy atom. The highest BCUT2D eigenvalue weighted by Crippen LogP contribution is 2.31. The van der Waals surface area contributed by atoms with Crippen LogP contribution in [0.2, 0.25) is 0 Å². The second kappa shape index (κ2) is 6.36. The summed E-state index contributed by atoms with van der Waals surface area (Å²) in [6.07, 6.45) is 0.861. The number of halogens is 1. The molecule has 24 heavy (non-hydrogen) atoms. The minimum Gasteiger partial charge on any atom is -0.354 e. The van der Waals surface area contributed by atoms with Gasteiger partial charge in [0.15, 0.2) is 0 Å². The summed E-state index contributed by atoms with van der Waals surface area (Å²) in [5.74, 6) is 0.504. The smallest absolute Gasteiger partial charge is 0.217 e. The Morgan fingerprint density at radius 1 is 1.50 bits per heavy atom. The molecule has 0 bridgehead atoms. The lowest BCUT2D eigenvalue weighted by Gasteiger charge is -2.23. The molecule has 1 saturated heterocycles. The van der Waals surface area contributed by atoms with Gasteiger partial charge in [0.2, 0.25) is 5.91 Å². The van der Waals surface area contributed by atoms with Crippen molar-refractivity contribution in [1.29, 1.82) is 0 Å². The van der Waals surface area contributed by atoms with Crippen molar-refractivity contribution in [3.8, 4) is 0 Å². The fourth-order valence-corrected chi connectivity index (χ4v) is 3.31. The number of benzene rings is 1. The highest BCUT2D eigenvalue weighted by Gasteiger charge is 2.27. The second-order valence-corrected chi connectivity index (χ2v) is 6.57. The zero-order chi connectivity index (χ0) is 17.4. The van der Waals surface area contributed by atoms with Gasteiger partial charge in [0.05, 0.1) is 5.52 Å². The molecule has 0 radical (unpaired) electrons. The molecule has 1 aromatic carbocycles. The molecule has 1 aliphatic rings. The molecule has 5 nitrogen and oxygen atoms in total. The van der Waals surface area contributed by atoms with E-state index in [0.29, 0.717) is 17.6 Å². The van der Waals surface area contributed by atoms with Crippen LogP contribution < -0.4 is 16.0 Å². The molecule has 2 atom stereocenters. The third-order valence-corrected chi connectivity index (χ3v) is 4.57. The van der Waals surface area contributed by atoms with E-state index in [1.807, 2.05) is 13.0 Å². The summed E-state index contributed by atoms with van der Waals surface area (Å²) in [6.45, 7) is 6.66. The SMILES string of the molecule is CC(=O)N[C@@H]1CCN(c2nc3c(C)c(F)ccc3cc2[C@H](C)N)C1. The fourth-order valence-electron chi connectivity index (χ4n) is 3.31. The molecule has 128 valence electrons. The second-order valence-electron chi connectivity index (χ2n) is 6.57. The Kier molecular flexibility index (Phi) is 4.41.